The van der Waals surface area contributed by atoms with Gasteiger partial charge >= 0.3 is 0 Å². The van der Waals surface area contributed by atoms with Gasteiger partial charge in [0.1, 0.15) is 6.07 Å². The van der Waals surface area contributed by atoms with E-state index in [-0.39, 0.29) is 11.4 Å². The van der Waals surface area contributed by atoms with Gasteiger partial charge in [0.05, 0.1) is 5.57 Å². The highest BCUT2D eigenvalue weighted by molar-refractivity contribution is 7.16. The van der Waals surface area contributed by atoms with Gasteiger partial charge in [-0.15, -0.1) is 11.3 Å². The molecule has 22 heavy (non-hydrogen) atoms. The Hall–Kier alpha value is -1.89. The minimum absolute atomic E-state index is 0.150. The Morgan fingerprint density at radius 2 is 1.91 bits per heavy atom. The van der Waals surface area contributed by atoms with Crippen LogP contribution in [-0.2, 0) is 4.79 Å². The van der Waals surface area contributed by atoms with E-state index in [0.29, 0.717) is 5.02 Å². The van der Waals surface area contributed by atoms with Crippen molar-refractivity contribution in [3.05, 3.63) is 51.9 Å². The average Bonchev–Trinajstić information content (AvgIpc) is 2.92. The van der Waals surface area contributed by atoms with Crippen molar-refractivity contribution in [3.63, 3.8) is 0 Å². The Balaban J connectivity index is 2.36. The summed E-state index contributed by atoms with van der Waals surface area (Å²) < 4.78 is 0. The van der Waals surface area contributed by atoms with E-state index in [9.17, 15) is 10.1 Å². The average molecular weight is 330 g/mol. The third kappa shape index (κ3) is 3.65. The Bertz CT molecular complexity index is 775. The van der Waals surface area contributed by atoms with Gasteiger partial charge in [-0.3, -0.25) is 4.79 Å². The quantitative estimate of drug-likeness (QED) is 0.544. The number of hydrogen-bond donors (Lipinski definition) is 0. The molecule has 0 N–H and O–H groups in total. The van der Waals surface area contributed by atoms with Crippen LogP contribution in [0.4, 0.5) is 0 Å². The first-order valence-electron chi connectivity index (χ1n) is 6.84. The maximum absolute atomic E-state index is 12.2. The molecule has 0 bridgehead atoms. The number of benzene rings is 1. The molecule has 0 aliphatic heterocycles. The van der Waals surface area contributed by atoms with Crippen molar-refractivity contribution < 1.29 is 4.79 Å². The van der Waals surface area contributed by atoms with Crippen LogP contribution in [0, 0.1) is 16.7 Å². The van der Waals surface area contributed by atoms with Crippen molar-refractivity contribution in [2.45, 2.75) is 20.8 Å². The number of thiophene rings is 1. The number of carbonyl (C=O) groups excluding carboxylic acids is 1. The number of halogens is 1. The molecule has 2 rings (SSSR count). The summed E-state index contributed by atoms with van der Waals surface area (Å²) in [4.78, 5) is 14.1. The molecule has 0 radical (unpaired) electrons. The fourth-order valence-corrected chi connectivity index (χ4v) is 3.22. The van der Waals surface area contributed by atoms with Crippen molar-refractivity contribution in [2.24, 2.45) is 5.41 Å². The first-order chi connectivity index (χ1) is 10.3. The van der Waals surface area contributed by atoms with Crippen LogP contribution in [0.5, 0.6) is 0 Å². The van der Waals surface area contributed by atoms with E-state index in [0.717, 1.165) is 15.3 Å². The molecule has 2 aromatic rings. The summed E-state index contributed by atoms with van der Waals surface area (Å²) in [7, 11) is 0. The van der Waals surface area contributed by atoms with Crippen LogP contribution in [-0.4, -0.2) is 5.78 Å². The van der Waals surface area contributed by atoms with Gasteiger partial charge in [-0.1, -0.05) is 50.6 Å². The van der Waals surface area contributed by atoms with E-state index in [2.05, 4.69) is 0 Å². The number of Topliss-reactive ketones (excluding diaryl/α,β-unsaturated/α-hetero) is 1. The van der Waals surface area contributed by atoms with E-state index in [1.807, 2.05) is 63.2 Å². The largest absolute Gasteiger partial charge is 0.293 e. The van der Waals surface area contributed by atoms with Gasteiger partial charge in [0, 0.05) is 25.8 Å². The molecule has 0 fully saturated rings. The van der Waals surface area contributed by atoms with Gasteiger partial charge in [0.25, 0.3) is 0 Å². The standard InChI is InChI=1S/C18H16ClNOS/c1-18(2,3)17(21)12(11-20)10-13-8-9-16(22-13)14-6-4-5-7-15(14)19/h4-10H,1-3H3/b12-10+. The van der Waals surface area contributed by atoms with Crippen LogP contribution in [0.1, 0.15) is 25.6 Å². The van der Waals surface area contributed by atoms with Crippen LogP contribution in [0.15, 0.2) is 42.0 Å². The highest BCUT2D eigenvalue weighted by Gasteiger charge is 2.25. The zero-order valence-electron chi connectivity index (χ0n) is 12.7. The highest BCUT2D eigenvalue weighted by Crippen LogP contribution is 2.34. The first-order valence-corrected chi connectivity index (χ1v) is 8.03. The van der Waals surface area contributed by atoms with Gasteiger partial charge in [-0.05, 0) is 24.3 Å². The highest BCUT2D eigenvalue weighted by atomic mass is 35.5. The molecule has 112 valence electrons. The fourth-order valence-electron chi connectivity index (χ4n) is 1.93. The van der Waals surface area contributed by atoms with Crippen LogP contribution in [0.3, 0.4) is 0 Å². The van der Waals surface area contributed by atoms with Gasteiger partial charge < -0.3 is 0 Å². The van der Waals surface area contributed by atoms with Crippen LogP contribution >= 0.6 is 22.9 Å². The van der Waals surface area contributed by atoms with E-state index >= 15 is 0 Å². The lowest BCUT2D eigenvalue weighted by Gasteiger charge is -2.15. The smallest absolute Gasteiger partial charge is 0.178 e. The molecule has 0 aliphatic rings. The summed E-state index contributed by atoms with van der Waals surface area (Å²) >= 11 is 7.70. The normalized spacial score (nSPS) is 12.0. The molecule has 0 amide bonds. The van der Waals surface area contributed by atoms with Gasteiger partial charge in [0.2, 0.25) is 0 Å². The summed E-state index contributed by atoms with van der Waals surface area (Å²) in [5.74, 6) is -0.150. The monoisotopic (exact) mass is 329 g/mol. The fraction of sp³-hybridized carbons (Fsp3) is 0.222. The molecule has 0 saturated carbocycles. The number of carbonyl (C=O) groups is 1. The molecule has 2 nitrogen and oxygen atoms in total. The number of nitrogens with zero attached hydrogens (tertiary/aromatic N) is 1. The molecule has 1 aromatic carbocycles. The number of nitriles is 1. The number of ketones is 1. The summed E-state index contributed by atoms with van der Waals surface area (Å²) in [5.41, 5.74) is 0.569. The molecule has 0 saturated heterocycles. The second-order valence-electron chi connectivity index (χ2n) is 5.93. The number of allylic oxidation sites excluding steroid dienone is 1. The Kier molecular flexibility index (Phi) is 4.85. The summed E-state index contributed by atoms with van der Waals surface area (Å²) in [6.07, 6.45) is 1.65. The lowest BCUT2D eigenvalue weighted by atomic mass is 9.86. The summed E-state index contributed by atoms with van der Waals surface area (Å²) in [5, 5.41) is 9.92. The maximum Gasteiger partial charge on any atom is 0.178 e. The number of hydrogen-bond acceptors (Lipinski definition) is 3. The molecule has 0 aliphatic carbocycles. The summed E-state index contributed by atoms with van der Waals surface area (Å²) in [6, 6.07) is 13.5. The predicted octanol–water partition coefficient (Wildman–Crippen LogP) is 5.59. The lowest BCUT2D eigenvalue weighted by molar-refractivity contribution is -0.121. The van der Waals surface area contributed by atoms with Crippen molar-refractivity contribution in [1.82, 2.24) is 0 Å². The van der Waals surface area contributed by atoms with Gasteiger partial charge in [0.15, 0.2) is 5.78 Å². The molecule has 1 heterocycles. The molecular formula is C18H16ClNOS. The minimum atomic E-state index is -0.565. The van der Waals surface area contributed by atoms with E-state index in [1.165, 1.54) is 11.3 Å². The number of rotatable bonds is 3. The summed E-state index contributed by atoms with van der Waals surface area (Å²) in [6.45, 7) is 5.43. The van der Waals surface area contributed by atoms with E-state index in [4.69, 9.17) is 11.6 Å². The molecular weight excluding hydrogens is 314 g/mol. The van der Waals surface area contributed by atoms with Crippen molar-refractivity contribution >= 4 is 34.8 Å². The SMILES string of the molecule is CC(C)(C)C(=O)/C(C#N)=C/c1ccc(-c2ccccc2Cl)s1. The molecule has 0 unspecified atom stereocenters. The molecule has 1 aromatic heterocycles. The third-order valence-electron chi connectivity index (χ3n) is 3.10. The zero-order valence-corrected chi connectivity index (χ0v) is 14.3. The lowest BCUT2D eigenvalue weighted by Crippen LogP contribution is -2.21. The topological polar surface area (TPSA) is 40.9 Å². The third-order valence-corrected chi connectivity index (χ3v) is 4.49. The second-order valence-corrected chi connectivity index (χ2v) is 7.45. The molecule has 4 heteroatoms. The van der Waals surface area contributed by atoms with Crippen LogP contribution in [0.2, 0.25) is 5.02 Å². The van der Waals surface area contributed by atoms with Gasteiger partial charge in [-0.25, -0.2) is 0 Å². The van der Waals surface area contributed by atoms with Gasteiger partial charge in [-0.2, -0.15) is 5.26 Å². The Morgan fingerprint density at radius 1 is 1.23 bits per heavy atom. The van der Waals surface area contributed by atoms with Crippen LogP contribution < -0.4 is 0 Å². The zero-order chi connectivity index (χ0) is 16.3. The first kappa shape index (κ1) is 16.5. The predicted molar refractivity (Wildman–Crippen MR) is 92.8 cm³/mol. The molecule has 0 atom stereocenters. The minimum Gasteiger partial charge on any atom is -0.293 e. The Labute approximate surface area is 139 Å². The molecule has 0 spiro atoms. The van der Waals surface area contributed by atoms with Crippen LogP contribution in [0.25, 0.3) is 16.5 Å². The van der Waals surface area contributed by atoms with Crippen molar-refractivity contribution in [3.8, 4) is 16.5 Å². The maximum atomic E-state index is 12.2. The van der Waals surface area contributed by atoms with Crippen molar-refractivity contribution in [2.75, 3.05) is 0 Å². The second kappa shape index (κ2) is 6.48. The van der Waals surface area contributed by atoms with E-state index in [1.54, 1.807) is 6.08 Å². The van der Waals surface area contributed by atoms with Crippen molar-refractivity contribution in [1.29, 1.82) is 5.26 Å². The van der Waals surface area contributed by atoms with E-state index < -0.39 is 5.41 Å². The Morgan fingerprint density at radius 3 is 2.50 bits per heavy atom.